The largest absolute Gasteiger partial charge is 0.309 e. The van der Waals surface area contributed by atoms with Gasteiger partial charge in [0.05, 0.1) is 22.4 Å². The summed E-state index contributed by atoms with van der Waals surface area (Å²) >= 11 is 0. The van der Waals surface area contributed by atoms with Crippen LogP contribution in [0, 0.1) is 0 Å². The monoisotopic (exact) mass is 497 g/mol. The number of para-hydroxylation sites is 1. The summed E-state index contributed by atoms with van der Waals surface area (Å²) < 4.78 is 2.38. The average Bonchev–Trinajstić information content (AvgIpc) is 3.35. The summed E-state index contributed by atoms with van der Waals surface area (Å²) in [6.07, 6.45) is 3.83. The van der Waals surface area contributed by atoms with Crippen molar-refractivity contribution < 1.29 is 0 Å². The van der Waals surface area contributed by atoms with Crippen LogP contribution in [-0.4, -0.2) is 14.5 Å². The molecule has 182 valence electrons. The number of nitrogens with zero attached hydrogens (tertiary/aromatic N) is 3. The van der Waals surface area contributed by atoms with E-state index in [1.54, 1.807) is 0 Å². The molecular weight excluding hydrogens is 474 g/mol. The van der Waals surface area contributed by atoms with Crippen LogP contribution in [0.5, 0.6) is 0 Å². The first-order valence-corrected chi connectivity index (χ1v) is 13.2. The lowest BCUT2D eigenvalue weighted by Crippen LogP contribution is -1.95. The number of benzene rings is 5. The summed E-state index contributed by atoms with van der Waals surface area (Å²) in [5, 5.41) is 7.27. The zero-order chi connectivity index (χ0) is 25.8. The van der Waals surface area contributed by atoms with Gasteiger partial charge in [0, 0.05) is 45.4 Å². The van der Waals surface area contributed by atoms with Crippen LogP contribution in [0.25, 0.3) is 71.6 Å². The predicted molar refractivity (Wildman–Crippen MR) is 162 cm³/mol. The fraction of sp³-hybridized carbons (Fsp3) is 0. The number of aromatic nitrogens is 3. The van der Waals surface area contributed by atoms with Gasteiger partial charge in [0.2, 0.25) is 0 Å². The Labute approximate surface area is 225 Å². The molecule has 8 rings (SSSR count). The molecule has 0 fully saturated rings. The second-order valence-corrected chi connectivity index (χ2v) is 9.90. The van der Waals surface area contributed by atoms with E-state index in [0.717, 1.165) is 39.1 Å². The lowest BCUT2D eigenvalue weighted by molar-refractivity contribution is 1.18. The highest BCUT2D eigenvalue weighted by Gasteiger charge is 2.18. The molecule has 0 aliphatic heterocycles. The van der Waals surface area contributed by atoms with Crippen LogP contribution in [0.15, 0.2) is 140 Å². The third kappa shape index (κ3) is 3.44. The van der Waals surface area contributed by atoms with E-state index >= 15 is 0 Å². The number of rotatable bonds is 3. The van der Waals surface area contributed by atoms with Crippen molar-refractivity contribution in [3.63, 3.8) is 0 Å². The summed E-state index contributed by atoms with van der Waals surface area (Å²) in [6, 6.07) is 45.0. The van der Waals surface area contributed by atoms with Crippen molar-refractivity contribution in [3.8, 4) is 28.2 Å². The number of pyridine rings is 2. The second kappa shape index (κ2) is 8.64. The molecule has 0 saturated heterocycles. The molecule has 0 aliphatic carbocycles. The normalized spacial score (nSPS) is 11.6. The van der Waals surface area contributed by atoms with E-state index in [2.05, 4.69) is 125 Å². The molecule has 3 nitrogen and oxygen atoms in total. The van der Waals surface area contributed by atoms with Gasteiger partial charge in [-0.1, -0.05) is 84.9 Å². The molecule has 0 atom stereocenters. The predicted octanol–water partition coefficient (Wildman–Crippen LogP) is 9.21. The Bertz CT molecular complexity index is 2170. The SMILES string of the molecule is c1ccc(-c2cccc(-n3c4ccccc4c4c5ccccc5c(-c5cc6ccccc6cn5)cc43)c2)nc1. The molecule has 0 amide bonds. The van der Waals surface area contributed by atoms with E-state index < -0.39 is 0 Å². The van der Waals surface area contributed by atoms with E-state index in [-0.39, 0.29) is 0 Å². The quantitative estimate of drug-likeness (QED) is 0.244. The highest BCUT2D eigenvalue weighted by atomic mass is 15.0. The van der Waals surface area contributed by atoms with Crippen molar-refractivity contribution in [1.82, 2.24) is 14.5 Å². The molecule has 0 aliphatic rings. The Balaban J connectivity index is 1.48. The van der Waals surface area contributed by atoms with Crippen molar-refractivity contribution in [1.29, 1.82) is 0 Å². The molecule has 0 bridgehead atoms. The molecule has 0 radical (unpaired) electrons. The van der Waals surface area contributed by atoms with Gasteiger partial charge in [-0.15, -0.1) is 0 Å². The van der Waals surface area contributed by atoms with Crippen LogP contribution in [0.3, 0.4) is 0 Å². The van der Waals surface area contributed by atoms with Crippen LogP contribution in [0.2, 0.25) is 0 Å². The van der Waals surface area contributed by atoms with Gasteiger partial charge in [-0.05, 0) is 58.6 Å². The van der Waals surface area contributed by atoms with Gasteiger partial charge in [0.25, 0.3) is 0 Å². The second-order valence-electron chi connectivity index (χ2n) is 9.90. The zero-order valence-corrected chi connectivity index (χ0v) is 21.1. The highest BCUT2D eigenvalue weighted by molar-refractivity contribution is 6.24. The fourth-order valence-electron chi connectivity index (χ4n) is 5.89. The van der Waals surface area contributed by atoms with Gasteiger partial charge in [-0.25, -0.2) is 0 Å². The third-order valence-corrected chi connectivity index (χ3v) is 7.65. The first-order valence-electron chi connectivity index (χ1n) is 13.2. The van der Waals surface area contributed by atoms with Crippen LogP contribution in [-0.2, 0) is 0 Å². The molecule has 3 heteroatoms. The maximum Gasteiger partial charge on any atom is 0.0715 e. The molecule has 0 spiro atoms. The van der Waals surface area contributed by atoms with Crippen molar-refractivity contribution >= 4 is 43.4 Å². The number of hydrogen-bond acceptors (Lipinski definition) is 2. The summed E-state index contributed by atoms with van der Waals surface area (Å²) in [4.78, 5) is 9.52. The van der Waals surface area contributed by atoms with Gasteiger partial charge in [-0.2, -0.15) is 0 Å². The van der Waals surface area contributed by atoms with E-state index in [4.69, 9.17) is 4.98 Å². The summed E-state index contributed by atoms with van der Waals surface area (Å²) in [5.41, 5.74) is 7.62. The Hall–Kier alpha value is -5.28. The lowest BCUT2D eigenvalue weighted by atomic mass is 9.96. The maximum absolute atomic E-state index is 4.93. The van der Waals surface area contributed by atoms with Crippen molar-refractivity contribution in [3.05, 3.63) is 140 Å². The Morgan fingerprint density at radius 1 is 0.487 bits per heavy atom. The third-order valence-electron chi connectivity index (χ3n) is 7.65. The van der Waals surface area contributed by atoms with Gasteiger partial charge in [0.1, 0.15) is 0 Å². The molecule has 8 aromatic rings. The smallest absolute Gasteiger partial charge is 0.0715 e. The van der Waals surface area contributed by atoms with Crippen molar-refractivity contribution in [2.75, 3.05) is 0 Å². The first-order chi connectivity index (χ1) is 19.3. The molecule has 0 saturated carbocycles. The van der Waals surface area contributed by atoms with Crippen LogP contribution in [0.1, 0.15) is 0 Å². The molecule has 3 aromatic heterocycles. The fourth-order valence-corrected chi connectivity index (χ4v) is 5.89. The average molecular weight is 498 g/mol. The lowest BCUT2D eigenvalue weighted by Gasteiger charge is -2.13. The first kappa shape index (κ1) is 21.8. The highest BCUT2D eigenvalue weighted by Crippen LogP contribution is 2.41. The van der Waals surface area contributed by atoms with Gasteiger partial charge >= 0.3 is 0 Å². The van der Waals surface area contributed by atoms with Crippen molar-refractivity contribution in [2.24, 2.45) is 0 Å². The van der Waals surface area contributed by atoms with Crippen LogP contribution >= 0.6 is 0 Å². The minimum absolute atomic E-state index is 0.964. The van der Waals surface area contributed by atoms with Crippen LogP contribution in [0.4, 0.5) is 0 Å². The summed E-state index contributed by atoms with van der Waals surface area (Å²) in [7, 11) is 0. The van der Waals surface area contributed by atoms with Gasteiger partial charge < -0.3 is 4.57 Å². The van der Waals surface area contributed by atoms with E-state index in [9.17, 15) is 0 Å². The van der Waals surface area contributed by atoms with Crippen molar-refractivity contribution in [2.45, 2.75) is 0 Å². The zero-order valence-electron chi connectivity index (χ0n) is 21.1. The maximum atomic E-state index is 4.93. The Kier molecular flexibility index (Phi) is 4.82. The minimum Gasteiger partial charge on any atom is -0.309 e. The summed E-state index contributed by atoms with van der Waals surface area (Å²) in [6.45, 7) is 0. The molecule has 5 aromatic carbocycles. The van der Waals surface area contributed by atoms with Gasteiger partial charge in [-0.3, -0.25) is 9.97 Å². The minimum atomic E-state index is 0.964. The van der Waals surface area contributed by atoms with E-state index in [1.807, 2.05) is 24.5 Å². The number of hydrogen-bond donors (Lipinski definition) is 0. The van der Waals surface area contributed by atoms with Crippen LogP contribution < -0.4 is 0 Å². The van der Waals surface area contributed by atoms with E-state index in [0.29, 0.717) is 0 Å². The molecule has 39 heavy (non-hydrogen) atoms. The van der Waals surface area contributed by atoms with E-state index in [1.165, 1.54) is 32.4 Å². The molecular formula is C36H23N3. The molecule has 0 unspecified atom stereocenters. The van der Waals surface area contributed by atoms with Gasteiger partial charge in [0.15, 0.2) is 0 Å². The topological polar surface area (TPSA) is 30.7 Å². The Morgan fingerprint density at radius 2 is 1.26 bits per heavy atom. The Morgan fingerprint density at radius 3 is 2.13 bits per heavy atom. The summed E-state index contributed by atoms with van der Waals surface area (Å²) in [5.74, 6) is 0. The number of fused-ring (bicyclic) bond motifs is 6. The standard InChI is InChI=1S/C36H23N3/c1-2-11-26-23-38-33(21-24(26)10-1)31-22-35-36(29-15-4-3-14-28(29)31)30-16-5-6-18-34(30)39(35)27-13-9-12-25(20-27)32-17-7-8-19-37-32/h1-23H. The molecule has 0 N–H and O–H groups in total. The molecule has 3 heterocycles.